The quantitative estimate of drug-likeness (QED) is 0.541. The first-order valence-corrected chi connectivity index (χ1v) is 8.77. The molecule has 7 nitrogen and oxygen atoms in total. The molecule has 0 saturated heterocycles. The Morgan fingerprint density at radius 1 is 1.04 bits per heavy atom. The second kappa shape index (κ2) is 6.48. The van der Waals surface area contributed by atoms with Crippen LogP contribution in [-0.4, -0.2) is 28.2 Å². The third-order valence-corrected chi connectivity index (χ3v) is 4.65. The zero-order valence-electron chi connectivity index (χ0n) is 11.8. The van der Waals surface area contributed by atoms with E-state index in [4.69, 9.17) is 27.6 Å². The van der Waals surface area contributed by atoms with Crippen molar-refractivity contribution in [1.82, 2.24) is 15.2 Å². The molecule has 0 saturated carbocycles. The molecule has 10 heteroatoms. The Kier molecular flexibility index (Phi) is 4.55. The predicted octanol–water partition coefficient (Wildman–Crippen LogP) is 3.42. The summed E-state index contributed by atoms with van der Waals surface area (Å²) in [5.74, 6) is -0.191. The van der Waals surface area contributed by atoms with Crippen LogP contribution in [0.4, 0.5) is 0 Å². The summed E-state index contributed by atoms with van der Waals surface area (Å²) in [6, 6.07) is 9.34. The second-order valence-electron chi connectivity index (χ2n) is 4.76. The number of nitrogens with zero attached hydrogens (tertiary/aromatic N) is 3. The summed E-state index contributed by atoms with van der Waals surface area (Å²) in [6.45, 7) is 0. The van der Waals surface area contributed by atoms with Crippen LogP contribution in [0.25, 0.3) is 11.5 Å². The maximum atomic E-state index is 11.8. The van der Waals surface area contributed by atoms with Crippen LogP contribution in [0.15, 0.2) is 47.0 Å². The zero-order valence-corrected chi connectivity index (χ0v) is 14.1. The highest BCUT2D eigenvalue weighted by molar-refractivity contribution is 7.86. The van der Waals surface area contributed by atoms with Gasteiger partial charge in [-0.3, -0.25) is 4.55 Å². The van der Waals surface area contributed by atoms with Crippen LogP contribution in [0.3, 0.4) is 0 Å². The number of hydrogen-bond acceptors (Lipinski definition) is 6. The van der Waals surface area contributed by atoms with Crippen LogP contribution < -0.4 is 0 Å². The fourth-order valence-corrected chi connectivity index (χ4v) is 3.11. The Morgan fingerprint density at radius 3 is 2.33 bits per heavy atom. The van der Waals surface area contributed by atoms with Crippen molar-refractivity contribution < 1.29 is 17.4 Å². The Morgan fingerprint density at radius 2 is 1.75 bits per heavy atom. The Labute approximate surface area is 147 Å². The molecule has 0 aliphatic heterocycles. The molecule has 0 radical (unpaired) electrons. The maximum absolute atomic E-state index is 11.8. The lowest BCUT2D eigenvalue weighted by Crippen LogP contribution is -2.14. The smallest absolute Gasteiger partial charge is 0.281 e. The van der Waals surface area contributed by atoms with Gasteiger partial charge >= 0.3 is 0 Å². The summed E-state index contributed by atoms with van der Waals surface area (Å²) >= 11 is 11.5. The van der Waals surface area contributed by atoms with Gasteiger partial charge in [-0.15, -0.1) is 10.2 Å². The summed E-state index contributed by atoms with van der Waals surface area (Å²) in [5.41, 5.74) is 0.703. The number of aromatic nitrogens is 3. The monoisotopic (exact) mass is 385 g/mol. The first kappa shape index (κ1) is 16.8. The molecule has 3 aromatic rings. The molecule has 1 N–H and O–H groups in total. The van der Waals surface area contributed by atoms with Gasteiger partial charge in [0.05, 0.1) is 0 Å². The van der Waals surface area contributed by atoms with Crippen molar-refractivity contribution in [3.63, 3.8) is 0 Å². The van der Waals surface area contributed by atoms with Crippen molar-refractivity contribution in [2.75, 3.05) is 0 Å². The Balaban J connectivity index is 2.03. The standard InChI is InChI=1S/C14H9Cl2N3O4S/c15-10-4-1-8(2-5-10)13-18-19-14(23-13)12(24(20,21)22)9-3-6-11(16)17-7-9/h1-7,12H,(H,20,21,22). The summed E-state index contributed by atoms with van der Waals surface area (Å²) in [7, 11) is -4.56. The van der Waals surface area contributed by atoms with Gasteiger partial charge in [-0.1, -0.05) is 29.3 Å². The summed E-state index contributed by atoms with van der Waals surface area (Å²) in [4.78, 5) is 3.80. The average molecular weight is 386 g/mol. The van der Waals surface area contributed by atoms with Gasteiger partial charge in [0.15, 0.2) is 5.25 Å². The molecule has 124 valence electrons. The topological polar surface area (TPSA) is 106 Å². The van der Waals surface area contributed by atoms with Crippen LogP contribution in [0.2, 0.25) is 10.2 Å². The third-order valence-electron chi connectivity index (χ3n) is 3.11. The SMILES string of the molecule is O=S(=O)(O)C(c1ccc(Cl)nc1)c1nnc(-c2ccc(Cl)cc2)o1. The lowest BCUT2D eigenvalue weighted by molar-refractivity contribution is 0.450. The average Bonchev–Trinajstić information content (AvgIpc) is 2.98. The number of hydrogen-bond donors (Lipinski definition) is 1. The number of benzene rings is 1. The molecule has 2 heterocycles. The minimum atomic E-state index is -4.56. The van der Waals surface area contributed by atoms with Crippen molar-refractivity contribution in [1.29, 1.82) is 0 Å². The highest BCUT2D eigenvalue weighted by Crippen LogP contribution is 2.31. The highest BCUT2D eigenvalue weighted by Gasteiger charge is 2.33. The van der Waals surface area contributed by atoms with E-state index in [9.17, 15) is 13.0 Å². The molecule has 1 unspecified atom stereocenters. The molecule has 0 fully saturated rings. The fraction of sp³-hybridized carbons (Fsp3) is 0.0714. The Bertz CT molecular complexity index is 956. The molecule has 0 aliphatic rings. The van der Waals surface area contributed by atoms with Gasteiger partial charge in [-0.25, -0.2) is 4.98 Å². The van der Waals surface area contributed by atoms with Gasteiger partial charge in [0.2, 0.25) is 11.8 Å². The molecule has 0 spiro atoms. The normalized spacial score (nSPS) is 13.0. The van der Waals surface area contributed by atoms with E-state index in [1.54, 1.807) is 24.3 Å². The fourth-order valence-electron chi connectivity index (χ4n) is 2.03. The van der Waals surface area contributed by atoms with E-state index < -0.39 is 15.4 Å². The zero-order chi connectivity index (χ0) is 17.3. The van der Waals surface area contributed by atoms with E-state index in [0.29, 0.717) is 10.6 Å². The minimum absolute atomic E-state index is 0.0947. The lowest BCUT2D eigenvalue weighted by Gasteiger charge is -2.09. The summed E-state index contributed by atoms with van der Waals surface area (Å²) < 4.78 is 38.5. The molecule has 24 heavy (non-hydrogen) atoms. The highest BCUT2D eigenvalue weighted by atomic mass is 35.5. The minimum Gasteiger partial charge on any atom is -0.419 e. The summed E-state index contributed by atoms with van der Waals surface area (Å²) in [6.07, 6.45) is 1.22. The molecule has 1 atom stereocenters. The van der Waals surface area contributed by atoms with E-state index in [1.165, 1.54) is 18.3 Å². The molecule has 1 aromatic carbocycles. The van der Waals surface area contributed by atoms with Crippen molar-refractivity contribution in [3.8, 4) is 11.5 Å². The van der Waals surface area contributed by atoms with Gasteiger partial charge in [0.1, 0.15) is 5.15 Å². The first-order valence-electron chi connectivity index (χ1n) is 6.51. The van der Waals surface area contributed by atoms with Gasteiger partial charge < -0.3 is 4.42 Å². The number of pyridine rings is 1. The van der Waals surface area contributed by atoms with Crippen molar-refractivity contribution >= 4 is 33.3 Å². The van der Waals surface area contributed by atoms with Crippen LogP contribution in [0.1, 0.15) is 16.7 Å². The van der Waals surface area contributed by atoms with Gasteiger partial charge in [0, 0.05) is 22.3 Å². The van der Waals surface area contributed by atoms with E-state index in [-0.39, 0.29) is 22.5 Å². The second-order valence-corrected chi connectivity index (χ2v) is 7.09. The van der Waals surface area contributed by atoms with E-state index >= 15 is 0 Å². The van der Waals surface area contributed by atoms with Crippen LogP contribution >= 0.6 is 23.2 Å². The van der Waals surface area contributed by atoms with Crippen LogP contribution in [0.5, 0.6) is 0 Å². The largest absolute Gasteiger partial charge is 0.419 e. The molecule has 3 rings (SSSR count). The lowest BCUT2D eigenvalue weighted by atomic mass is 10.2. The third kappa shape index (κ3) is 3.57. The first-order chi connectivity index (χ1) is 11.3. The molecule has 0 amide bonds. The summed E-state index contributed by atoms with van der Waals surface area (Å²) in [5, 5.41) is 6.69. The molecular weight excluding hydrogens is 377 g/mol. The van der Waals surface area contributed by atoms with E-state index in [0.717, 1.165) is 0 Å². The molecule has 0 bridgehead atoms. The number of rotatable bonds is 4. The van der Waals surface area contributed by atoms with Gasteiger partial charge in [0.25, 0.3) is 10.1 Å². The maximum Gasteiger partial charge on any atom is 0.281 e. The van der Waals surface area contributed by atoms with Crippen LogP contribution in [0, 0.1) is 0 Å². The molecular formula is C14H9Cl2N3O4S. The van der Waals surface area contributed by atoms with Crippen molar-refractivity contribution in [2.45, 2.75) is 5.25 Å². The van der Waals surface area contributed by atoms with E-state index in [1.807, 2.05) is 0 Å². The van der Waals surface area contributed by atoms with Gasteiger partial charge in [-0.2, -0.15) is 8.42 Å². The molecule has 2 aromatic heterocycles. The predicted molar refractivity (Wildman–Crippen MR) is 87.4 cm³/mol. The van der Waals surface area contributed by atoms with Gasteiger partial charge in [-0.05, 0) is 30.3 Å². The Hall–Kier alpha value is -2.00. The van der Waals surface area contributed by atoms with Crippen molar-refractivity contribution in [3.05, 3.63) is 64.2 Å². The van der Waals surface area contributed by atoms with Crippen LogP contribution in [-0.2, 0) is 10.1 Å². The van der Waals surface area contributed by atoms with E-state index in [2.05, 4.69) is 15.2 Å². The molecule has 0 aliphatic carbocycles. The number of halogens is 2. The van der Waals surface area contributed by atoms with Crippen molar-refractivity contribution in [2.24, 2.45) is 0 Å².